The summed E-state index contributed by atoms with van der Waals surface area (Å²) in [6.45, 7) is -0.209. The monoisotopic (exact) mass is 1080 g/mol. The van der Waals surface area contributed by atoms with Crippen molar-refractivity contribution in [3.05, 3.63) is 332 Å². The van der Waals surface area contributed by atoms with Crippen molar-refractivity contribution in [3.8, 4) is 16.8 Å². The number of benzene rings is 13. The standard InChI is InChI=1S/C79H51BN4O/c1-7-26-52(27-8-1)79(53-28-9-2-10-29-53)62-41-22-19-38-59(62)73-63(79)46-47-64-77(73)83(56-34-15-5-16-35-56)69-50-58(81(54-30-11-3-12-31-54)67-43-25-45-72-74(67)61-40-21-24-44-71(61)85-72)51-70-76(69)80(64)65-48-49-68-75(78(65)84(70)57-36-17-6-18-37-57)60-39-20-23-42-66(60)82(68)55-32-13-4-14-33-55/h1-51H. The van der Waals surface area contributed by atoms with E-state index in [0.717, 1.165) is 78.5 Å². The van der Waals surface area contributed by atoms with Crippen LogP contribution in [0.15, 0.2) is 314 Å². The molecule has 0 atom stereocenters. The number of hydrogen-bond donors (Lipinski definition) is 0. The maximum absolute atomic E-state index is 6.72. The summed E-state index contributed by atoms with van der Waals surface area (Å²) in [6, 6.07) is 114. The van der Waals surface area contributed by atoms with E-state index in [1.54, 1.807) is 0 Å². The molecule has 85 heavy (non-hydrogen) atoms. The average Bonchev–Trinajstić information content (AvgIpc) is 1.74. The first kappa shape index (κ1) is 47.6. The summed E-state index contributed by atoms with van der Waals surface area (Å²) in [4.78, 5) is 7.69. The largest absolute Gasteiger partial charge is 0.456 e. The van der Waals surface area contributed by atoms with E-state index in [9.17, 15) is 0 Å². The molecule has 18 rings (SSSR count). The predicted molar refractivity (Wildman–Crippen MR) is 354 cm³/mol. The minimum absolute atomic E-state index is 0.209. The molecule has 396 valence electrons. The SMILES string of the molecule is c1ccc(N2c3cc(N(c4ccccc4)c4cccc5oc6ccccc6c45)cc4c3B(c3ccc5c(c32)-c2ccccc2C5(c2ccccc2)c2ccccc2)c2ccc3c(c2N4c2ccccc2)c2ccccc2n3-c2ccccc2)cc1. The van der Waals surface area contributed by atoms with Gasteiger partial charge in [-0.3, -0.25) is 0 Å². The maximum Gasteiger partial charge on any atom is 0.252 e. The van der Waals surface area contributed by atoms with E-state index in [1.165, 1.54) is 71.9 Å². The fourth-order valence-corrected chi connectivity index (χ4v) is 15.2. The van der Waals surface area contributed by atoms with E-state index in [1.807, 2.05) is 0 Å². The van der Waals surface area contributed by atoms with Gasteiger partial charge in [0.25, 0.3) is 6.71 Å². The van der Waals surface area contributed by atoms with E-state index < -0.39 is 5.41 Å². The van der Waals surface area contributed by atoms with Crippen LogP contribution in [-0.2, 0) is 5.41 Å². The number of aromatic nitrogens is 1. The van der Waals surface area contributed by atoms with Crippen LogP contribution in [0.5, 0.6) is 0 Å². The topological polar surface area (TPSA) is 27.8 Å². The van der Waals surface area contributed by atoms with E-state index in [-0.39, 0.29) is 6.71 Å². The highest BCUT2D eigenvalue weighted by Gasteiger charge is 2.52. The van der Waals surface area contributed by atoms with Crippen LogP contribution >= 0.6 is 0 Å². The zero-order chi connectivity index (χ0) is 55.7. The van der Waals surface area contributed by atoms with Gasteiger partial charge in [-0.1, -0.05) is 218 Å². The minimum atomic E-state index is -0.630. The molecule has 0 bridgehead atoms. The van der Waals surface area contributed by atoms with Gasteiger partial charge in [-0.2, -0.15) is 0 Å². The molecule has 0 saturated carbocycles. The Balaban J connectivity index is 1.03. The molecule has 3 aliphatic rings. The summed E-state index contributed by atoms with van der Waals surface area (Å²) in [5.41, 5.74) is 25.5. The van der Waals surface area contributed by atoms with Gasteiger partial charge in [0.1, 0.15) is 11.2 Å². The highest BCUT2D eigenvalue weighted by molar-refractivity contribution is 7.00. The molecule has 0 saturated heterocycles. The molecule has 2 aromatic heterocycles. The molecular weight excluding hydrogens is 1030 g/mol. The Morgan fingerprint density at radius 2 is 0.894 bits per heavy atom. The van der Waals surface area contributed by atoms with Gasteiger partial charge < -0.3 is 23.7 Å². The first-order valence-electron chi connectivity index (χ1n) is 29.4. The zero-order valence-electron chi connectivity index (χ0n) is 46.2. The van der Waals surface area contributed by atoms with E-state index in [4.69, 9.17) is 4.42 Å². The number of hydrogen-bond acceptors (Lipinski definition) is 4. The number of fused-ring (bicyclic) bond motifs is 15. The van der Waals surface area contributed by atoms with E-state index in [0.29, 0.717) is 0 Å². The Kier molecular flexibility index (Phi) is 10.3. The molecule has 15 aromatic rings. The van der Waals surface area contributed by atoms with Crippen molar-refractivity contribution >= 4 is 118 Å². The van der Waals surface area contributed by atoms with Crippen LogP contribution in [0.3, 0.4) is 0 Å². The normalized spacial score (nSPS) is 13.4. The van der Waals surface area contributed by atoms with Gasteiger partial charge in [0.05, 0.1) is 38.9 Å². The zero-order valence-corrected chi connectivity index (χ0v) is 46.2. The van der Waals surface area contributed by atoms with Crippen molar-refractivity contribution in [1.82, 2.24) is 4.57 Å². The molecule has 1 aliphatic carbocycles. The summed E-state index contributed by atoms with van der Waals surface area (Å²) >= 11 is 0. The average molecular weight is 1080 g/mol. The minimum Gasteiger partial charge on any atom is -0.456 e. The molecule has 6 heteroatoms. The van der Waals surface area contributed by atoms with Crippen molar-refractivity contribution < 1.29 is 4.42 Å². The van der Waals surface area contributed by atoms with E-state index >= 15 is 0 Å². The maximum atomic E-state index is 6.72. The lowest BCUT2D eigenvalue weighted by molar-refractivity contribution is 0.669. The van der Waals surface area contributed by atoms with Crippen LogP contribution in [0, 0.1) is 0 Å². The summed E-state index contributed by atoms with van der Waals surface area (Å²) in [5.74, 6) is 0. The van der Waals surface area contributed by atoms with Crippen LogP contribution in [0.2, 0.25) is 0 Å². The van der Waals surface area contributed by atoms with Crippen molar-refractivity contribution in [2.45, 2.75) is 5.41 Å². The lowest BCUT2D eigenvalue weighted by Crippen LogP contribution is -2.61. The summed E-state index contributed by atoms with van der Waals surface area (Å²) in [6.07, 6.45) is 0. The van der Waals surface area contributed by atoms with Crippen LogP contribution < -0.4 is 31.1 Å². The number of nitrogens with zero attached hydrogens (tertiary/aromatic N) is 4. The lowest BCUT2D eigenvalue weighted by atomic mass is 9.33. The third-order valence-electron chi connectivity index (χ3n) is 18.4. The summed E-state index contributed by atoms with van der Waals surface area (Å²) < 4.78 is 9.18. The molecule has 0 fully saturated rings. The highest BCUT2D eigenvalue weighted by Crippen LogP contribution is 2.61. The van der Waals surface area contributed by atoms with Crippen molar-refractivity contribution in [3.63, 3.8) is 0 Å². The third-order valence-corrected chi connectivity index (χ3v) is 18.4. The number of furan rings is 1. The second-order valence-corrected chi connectivity index (χ2v) is 22.6. The summed E-state index contributed by atoms with van der Waals surface area (Å²) in [5, 5.41) is 4.53. The molecule has 5 nitrogen and oxygen atoms in total. The molecular formula is C79H51BN4O. The molecule has 2 aliphatic heterocycles. The Labute approximate surface area is 492 Å². The smallest absolute Gasteiger partial charge is 0.252 e. The number of anilines is 9. The molecule has 0 N–H and O–H groups in total. The van der Waals surface area contributed by atoms with E-state index in [2.05, 4.69) is 329 Å². The highest BCUT2D eigenvalue weighted by atomic mass is 16.3. The lowest BCUT2D eigenvalue weighted by Gasteiger charge is -2.46. The first-order chi connectivity index (χ1) is 42.2. The van der Waals surface area contributed by atoms with Crippen LogP contribution in [0.1, 0.15) is 22.3 Å². The van der Waals surface area contributed by atoms with Crippen LogP contribution in [-0.4, -0.2) is 11.3 Å². The molecule has 4 heterocycles. The summed E-state index contributed by atoms with van der Waals surface area (Å²) in [7, 11) is 0. The van der Waals surface area contributed by atoms with Gasteiger partial charge in [-0.15, -0.1) is 0 Å². The van der Waals surface area contributed by atoms with Crippen LogP contribution in [0.25, 0.3) is 60.6 Å². The van der Waals surface area contributed by atoms with Gasteiger partial charge in [0.15, 0.2) is 0 Å². The van der Waals surface area contributed by atoms with Gasteiger partial charge >= 0.3 is 0 Å². The predicted octanol–water partition coefficient (Wildman–Crippen LogP) is 18.6. The molecule has 0 amide bonds. The Morgan fingerprint density at radius 1 is 0.365 bits per heavy atom. The fourth-order valence-electron chi connectivity index (χ4n) is 15.2. The van der Waals surface area contributed by atoms with Crippen molar-refractivity contribution in [2.24, 2.45) is 0 Å². The quantitative estimate of drug-likeness (QED) is 0.142. The van der Waals surface area contributed by atoms with Crippen LogP contribution in [0.4, 0.5) is 51.2 Å². The van der Waals surface area contributed by atoms with Crippen molar-refractivity contribution in [2.75, 3.05) is 14.7 Å². The van der Waals surface area contributed by atoms with Gasteiger partial charge in [0.2, 0.25) is 0 Å². The molecule has 0 unspecified atom stereocenters. The molecule has 0 spiro atoms. The molecule has 0 radical (unpaired) electrons. The number of para-hydroxylation sites is 6. The first-order valence-corrected chi connectivity index (χ1v) is 29.4. The Hall–Kier alpha value is -11.1. The Bertz CT molecular complexity index is 5100. The van der Waals surface area contributed by atoms with Gasteiger partial charge in [-0.25, -0.2) is 0 Å². The van der Waals surface area contributed by atoms with Gasteiger partial charge in [0, 0.05) is 61.5 Å². The Morgan fingerprint density at radius 3 is 1.58 bits per heavy atom. The van der Waals surface area contributed by atoms with Gasteiger partial charge in [-0.05, 0) is 135 Å². The fraction of sp³-hybridized carbons (Fsp3) is 0.0127. The molecule has 13 aromatic carbocycles. The second-order valence-electron chi connectivity index (χ2n) is 22.6. The van der Waals surface area contributed by atoms with Crippen molar-refractivity contribution in [1.29, 1.82) is 0 Å². The second kappa shape index (κ2) is 18.5. The number of rotatable bonds is 8. The third kappa shape index (κ3) is 6.70.